The van der Waals surface area contributed by atoms with E-state index in [2.05, 4.69) is 6.92 Å². The van der Waals surface area contributed by atoms with E-state index in [9.17, 15) is 13.6 Å². The number of nitrogens with zero attached hydrogens (tertiary/aromatic N) is 1. The Morgan fingerprint density at radius 3 is 2.63 bits per heavy atom. The van der Waals surface area contributed by atoms with Crippen LogP contribution in [0.5, 0.6) is 0 Å². The average Bonchev–Trinajstić information content (AvgIpc) is 3.10. The third-order valence-electron chi connectivity index (χ3n) is 4.55. The van der Waals surface area contributed by atoms with Crippen molar-refractivity contribution in [1.82, 2.24) is 0 Å². The highest BCUT2D eigenvalue weighted by Crippen LogP contribution is 2.30. The highest BCUT2D eigenvalue weighted by atomic mass is 32.1. The van der Waals surface area contributed by atoms with Gasteiger partial charge in [0.1, 0.15) is 22.7 Å². The van der Waals surface area contributed by atoms with Gasteiger partial charge in [0.25, 0.3) is 0 Å². The van der Waals surface area contributed by atoms with Crippen LogP contribution in [0, 0.1) is 11.6 Å². The number of hydrogen-bond donors (Lipinski definition) is 0. The minimum Gasteiger partial charge on any atom is -0.446 e. The van der Waals surface area contributed by atoms with E-state index >= 15 is 0 Å². The highest BCUT2D eigenvalue weighted by Gasteiger charge is 2.21. The summed E-state index contributed by atoms with van der Waals surface area (Å²) in [5.74, 6) is -1.18. The second-order valence-electron chi connectivity index (χ2n) is 6.63. The van der Waals surface area contributed by atoms with Crippen LogP contribution in [0.1, 0.15) is 57.1 Å². The number of carbonyl (C=O) groups is 1. The number of rotatable bonds is 9. The molecule has 1 amide bonds. The number of benzene rings is 1. The van der Waals surface area contributed by atoms with E-state index in [4.69, 9.17) is 4.74 Å². The molecule has 1 unspecified atom stereocenters. The summed E-state index contributed by atoms with van der Waals surface area (Å²) in [7, 11) is 1.66. The molecule has 0 fully saturated rings. The molecule has 0 saturated carbocycles. The molecule has 0 bridgehead atoms. The predicted octanol–water partition coefficient (Wildman–Crippen LogP) is 6.55. The van der Waals surface area contributed by atoms with Crippen molar-refractivity contribution in [2.24, 2.45) is 0 Å². The predicted molar refractivity (Wildman–Crippen MR) is 107 cm³/mol. The smallest absolute Gasteiger partial charge is 0.414 e. The maximum atomic E-state index is 14.0. The molecular formula is C21H27F2NO2S. The molecule has 1 aromatic heterocycles. The summed E-state index contributed by atoms with van der Waals surface area (Å²) in [6.07, 6.45) is 4.73. The van der Waals surface area contributed by atoms with Crippen molar-refractivity contribution >= 4 is 22.4 Å². The van der Waals surface area contributed by atoms with Gasteiger partial charge >= 0.3 is 6.09 Å². The molecular weight excluding hydrogens is 368 g/mol. The van der Waals surface area contributed by atoms with Crippen LogP contribution in [0.15, 0.2) is 29.6 Å². The molecule has 0 spiro atoms. The Hall–Kier alpha value is -1.95. The number of amides is 1. The minimum absolute atomic E-state index is 0.0931. The van der Waals surface area contributed by atoms with Crippen molar-refractivity contribution in [2.75, 3.05) is 11.9 Å². The van der Waals surface area contributed by atoms with Crippen LogP contribution < -0.4 is 4.90 Å². The molecule has 3 nitrogen and oxygen atoms in total. The van der Waals surface area contributed by atoms with E-state index in [1.165, 1.54) is 28.4 Å². The molecule has 0 aliphatic rings. The standard InChI is InChI=1S/C21H27F2NO2S/c1-4-6-7-8-18(5-2)26-21(25)24(3)20-16(11-12-27-20)13-15-9-10-17(22)14-19(15)23/h9-12,14,18H,4-8,13H2,1-3H3. The van der Waals surface area contributed by atoms with Crippen molar-refractivity contribution in [1.29, 1.82) is 0 Å². The maximum absolute atomic E-state index is 14.0. The van der Waals surface area contributed by atoms with Gasteiger partial charge in [-0.05, 0) is 47.9 Å². The summed E-state index contributed by atoms with van der Waals surface area (Å²) < 4.78 is 32.7. The van der Waals surface area contributed by atoms with Gasteiger partial charge in [-0.1, -0.05) is 32.8 Å². The molecule has 0 radical (unpaired) electrons. The van der Waals surface area contributed by atoms with Crippen molar-refractivity contribution in [3.8, 4) is 0 Å². The van der Waals surface area contributed by atoms with E-state index in [1.807, 2.05) is 18.4 Å². The van der Waals surface area contributed by atoms with Gasteiger partial charge in [0.2, 0.25) is 0 Å². The monoisotopic (exact) mass is 395 g/mol. The summed E-state index contributed by atoms with van der Waals surface area (Å²) in [5, 5.41) is 2.57. The highest BCUT2D eigenvalue weighted by molar-refractivity contribution is 7.14. The Kier molecular flexibility index (Phi) is 8.23. The van der Waals surface area contributed by atoms with Crippen molar-refractivity contribution < 1.29 is 18.3 Å². The lowest BCUT2D eigenvalue weighted by molar-refractivity contribution is 0.0958. The number of ether oxygens (including phenoxy) is 1. The Morgan fingerprint density at radius 2 is 1.96 bits per heavy atom. The molecule has 27 heavy (non-hydrogen) atoms. The zero-order valence-electron chi connectivity index (χ0n) is 16.1. The molecule has 0 aliphatic heterocycles. The number of anilines is 1. The van der Waals surface area contributed by atoms with Gasteiger partial charge in [0, 0.05) is 19.5 Å². The van der Waals surface area contributed by atoms with Crippen molar-refractivity contribution in [3.05, 3.63) is 52.4 Å². The number of hydrogen-bond acceptors (Lipinski definition) is 3. The number of halogens is 2. The number of unbranched alkanes of at least 4 members (excludes halogenated alkanes) is 2. The quantitative estimate of drug-likeness (QED) is 0.451. The molecule has 0 saturated heterocycles. The van der Waals surface area contributed by atoms with Crippen LogP contribution >= 0.6 is 11.3 Å². The molecule has 2 rings (SSSR count). The maximum Gasteiger partial charge on any atom is 0.414 e. The van der Waals surface area contributed by atoms with Crippen LogP contribution in [0.2, 0.25) is 0 Å². The Labute approximate surface area is 164 Å². The first-order valence-electron chi connectivity index (χ1n) is 9.40. The Morgan fingerprint density at radius 1 is 1.19 bits per heavy atom. The van der Waals surface area contributed by atoms with Gasteiger partial charge in [-0.2, -0.15) is 0 Å². The lowest BCUT2D eigenvalue weighted by Gasteiger charge is -2.22. The van der Waals surface area contributed by atoms with Crippen molar-refractivity contribution in [2.45, 2.75) is 58.5 Å². The fourth-order valence-corrected chi connectivity index (χ4v) is 3.79. The summed E-state index contributed by atoms with van der Waals surface area (Å²) in [4.78, 5) is 14.0. The fourth-order valence-electron chi connectivity index (χ4n) is 2.90. The van der Waals surface area contributed by atoms with E-state index in [1.54, 1.807) is 7.05 Å². The fraction of sp³-hybridized carbons (Fsp3) is 0.476. The summed E-state index contributed by atoms with van der Waals surface area (Å²) in [6, 6.07) is 5.41. The van der Waals surface area contributed by atoms with Gasteiger partial charge in [-0.25, -0.2) is 13.6 Å². The molecule has 6 heteroatoms. The zero-order valence-corrected chi connectivity index (χ0v) is 17.0. The second kappa shape index (κ2) is 10.4. The van der Waals surface area contributed by atoms with E-state index < -0.39 is 17.7 Å². The van der Waals surface area contributed by atoms with E-state index in [0.717, 1.165) is 43.7 Å². The topological polar surface area (TPSA) is 29.5 Å². The van der Waals surface area contributed by atoms with Crippen LogP contribution in [0.4, 0.5) is 18.6 Å². The van der Waals surface area contributed by atoms with Gasteiger partial charge < -0.3 is 4.74 Å². The third-order valence-corrected chi connectivity index (χ3v) is 5.58. The lowest BCUT2D eigenvalue weighted by Crippen LogP contribution is -2.31. The molecule has 1 atom stereocenters. The molecule has 0 aliphatic carbocycles. The molecule has 2 aromatic rings. The second-order valence-corrected chi connectivity index (χ2v) is 7.53. The first kappa shape index (κ1) is 21.4. The molecule has 1 aromatic carbocycles. The van der Waals surface area contributed by atoms with Crippen molar-refractivity contribution in [3.63, 3.8) is 0 Å². The van der Waals surface area contributed by atoms with Gasteiger partial charge in [-0.3, -0.25) is 4.90 Å². The van der Waals surface area contributed by atoms with Gasteiger partial charge in [0.15, 0.2) is 0 Å². The zero-order chi connectivity index (χ0) is 19.8. The first-order valence-corrected chi connectivity index (χ1v) is 10.3. The van der Waals surface area contributed by atoms with Crippen LogP contribution in [0.25, 0.3) is 0 Å². The Balaban J connectivity index is 2.05. The summed E-state index contributed by atoms with van der Waals surface area (Å²) in [5.41, 5.74) is 1.20. The first-order chi connectivity index (χ1) is 13.0. The van der Waals surface area contributed by atoms with E-state index in [0.29, 0.717) is 10.6 Å². The SMILES string of the molecule is CCCCCC(CC)OC(=O)N(C)c1sccc1Cc1ccc(F)cc1F. The minimum atomic E-state index is -0.601. The Bertz CT molecular complexity index is 748. The number of carbonyl (C=O) groups excluding carboxylic acids is 1. The number of thiophene rings is 1. The summed E-state index contributed by atoms with van der Waals surface area (Å²) >= 11 is 1.40. The van der Waals surface area contributed by atoms with Crippen LogP contribution in [-0.2, 0) is 11.2 Å². The third kappa shape index (κ3) is 6.03. The average molecular weight is 396 g/mol. The summed E-state index contributed by atoms with van der Waals surface area (Å²) in [6.45, 7) is 4.15. The largest absolute Gasteiger partial charge is 0.446 e. The molecule has 148 valence electrons. The van der Waals surface area contributed by atoms with Gasteiger partial charge in [0.05, 0.1) is 0 Å². The molecule has 0 N–H and O–H groups in total. The van der Waals surface area contributed by atoms with Gasteiger partial charge in [-0.15, -0.1) is 11.3 Å². The lowest BCUT2D eigenvalue weighted by atomic mass is 10.1. The van der Waals surface area contributed by atoms with E-state index in [-0.39, 0.29) is 12.5 Å². The van der Waals surface area contributed by atoms with Crippen LogP contribution in [0.3, 0.4) is 0 Å². The normalized spacial score (nSPS) is 12.0. The molecule has 1 heterocycles. The van der Waals surface area contributed by atoms with Crippen LogP contribution in [-0.4, -0.2) is 19.2 Å².